The smallest absolute Gasteiger partial charge is 0.310 e. The Bertz CT molecular complexity index is 1140. The quantitative estimate of drug-likeness (QED) is 0.242. The number of hydrogen-bond acceptors (Lipinski definition) is 9. The molecule has 0 aliphatic rings. The molecular weight excluding hydrogens is 510 g/mol. The van der Waals surface area contributed by atoms with Crippen LogP contribution in [0.4, 0.5) is 11.6 Å². The van der Waals surface area contributed by atoms with E-state index in [0.29, 0.717) is 51.0 Å². The minimum Gasteiger partial charge on any atom is -0.492 e. The summed E-state index contributed by atoms with van der Waals surface area (Å²) in [7, 11) is 3.94. The summed E-state index contributed by atoms with van der Waals surface area (Å²) in [5.41, 5.74) is 1.71. The fourth-order valence-corrected chi connectivity index (χ4v) is 3.92. The second-order valence-electron chi connectivity index (χ2n) is 9.15. The summed E-state index contributed by atoms with van der Waals surface area (Å²) < 4.78 is 21.9. The second-order valence-corrected chi connectivity index (χ2v) is 9.15. The molecule has 40 heavy (non-hydrogen) atoms. The highest BCUT2D eigenvalue weighted by Gasteiger charge is 2.10. The maximum Gasteiger partial charge on any atom is 0.310 e. The van der Waals surface area contributed by atoms with Crippen LogP contribution in [0.5, 0.6) is 11.5 Å². The molecule has 1 aromatic heterocycles. The van der Waals surface area contributed by atoms with Crippen molar-refractivity contribution in [1.82, 2.24) is 4.98 Å². The number of pyridine rings is 1. The summed E-state index contributed by atoms with van der Waals surface area (Å²) in [5, 5.41) is 0. The van der Waals surface area contributed by atoms with E-state index < -0.39 is 0 Å². The molecule has 0 saturated carbocycles. The lowest BCUT2D eigenvalue weighted by Gasteiger charge is -2.22. The molecule has 0 N–H and O–H groups in total. The Balaban J connectivity index is 1.46. The van der Waals surface area contributed by atoms with Crippen molar-refractivity contribution in [2.75, 3.05) is 63.4 Å². The van der Waals surface area contributed by atoms with E-state index >= 15 is 0 Å². The molecule has 0 atom stereocenters. The van der Waals surface area contributed by atoms with Gasteiger partial charge in [0.1, 0.15) is 36.3 Å². The summed E-state index contributed by atoms with van der Waals surface area (Å²) >= 11 is 0. The van der Waals surface area contributed by atoms with Gasteiger partial charge in [-0.05, 0) is 61.4 Å². The van der Waals surface area contributed by atoms with Gasteiger partial charge in [-0.1, -0.05) is 30.3 Å². The maximum atomic E-state index is 11.7. The normalized spacial score (nSPS) is 10.5. The van der Waals surface area contributed by atoms with E-state index in [0.717, 1.165) is 22.8 Å². The first-order valence-electron chi connectivity index (χ1n) is 13.5. The summed E-state index contributed by atoms with van der Waals surface area (Å²) in [5.74, 6) is 2.59. The van der Waals surface area contributed by atoms with Crippen LogP contribution >= 0.6 is 0 Å². The number of anilines is 2. The van der Waals surface area contributed by atoms with Crippen LogP contribution in [0.2, 0.25) is 0 Å². The standard InChI is InChI=1S/C31H39N3O6/c1-5-37-30(35)22-24-10-7-12-26(20-24)39-18-16-33(3)28-14-9-15-29(32-28)34(4)17-19-40-27-13-8-11-25(21-27)23-31(36)38-6-2/h7-15,20-21H,5-6,16-19,22-23H2,1-4H3. The number of rotatable bonds is 16. The monoisotopic (exact) mass is 549 g/mol. The van der Waals surface area contributed by atoms with Gasteiger partial charge in [-0.3, -0.25) is 9.59 Å². The molecule has 0 aliphatic heterocycles. The number of carbonyl (C=O) groups is 2. The van der Waals surface area contributed by atoms with Gasteiger partial charge in [0.05, 0.1) is 39.1 Å². The fourth-order valence-electron chi connectivity index (χ4n) is 3.92. The highest BCUT2D eigenvalue weighted by atomic mass is 16.5. The molecule has 3 aromatic rings. The molecule has 9 nitrogen and oxygen atoms in total. The highest BCUT2D eigenvalue weighted by Crippen LogP contribution is 2.18. The van der Waals surface area contributed by atoms with Crippen LogP contribution in [0, 0.1) is 0 Å². The zero-order valence-corrected chi connectivity index (χ0v) is 23.8. The van der Waals surface area contributed by atoms with Crippen molar-refractivity contribution in [1.29, 1.82) is 0 Å². The van der Waals surface area contributed by atoms with E-state index in [4.69, 9.17) is 23.9 Å². The third kappa shape index (κ3) is 10.1. The SMILES string of the molecule is CCOC(=O)Cc1cccc(OCCN(C)c2cccc(N(C)CCOc3cccc(CC(=O)OCC)c3)n2)c1. The summed E-state index contributed by atoms with van der Waals surface area (Å²) in [6, 6.07) is 20.9. The van der Waals surface area contributed by atoms with E-state index in [1.54, 1.807) is 13.8 Å². The molecule has 0 bridgehead atoms. The van der Waals surface area contributed by atoms with Gasteiger partial charge in [-0.2, -0.15) is 0 Å². The molecule has 214 valence electrons. The van der Waals surface area contributed by atoms with Crippen molar-refractivity contribution in [2.45, 2.75) is 26.7 Å². The largest absolute Gasteiger partial charge is 0.492 e. The Morgan fingerprint density at radius 3 is 1.52 bits per heavy atom. The Morgan fingerprint density at radius 2 is 1.10 bits per heavy atom. The minimum absolute atomic E-state index is 0.224. The van der Waals surface area contributed by atoms with Crippen molar-refractivity contribution in [3.05, 3.63) is 77.9 Å². The molecule has 0 aliphatic carbocycles. The van der Waals surface area contributed by atoms with Crippen LogP contribution < -0.4 is 19.3 Å². The fraction of sp³-hybridized carbons (Fsp3) is 0.387. The predicted octanol–water partition coefficient (Wildman–Crippen LogP) is 4.32. The third-order valence-corrected chi connectivity index (χ3v) is 6.00. The Morgan fingerprint density at radius 1 is 0.675 bits per heavy atom. The highest BCUT2D eigenvalue weighted by molar-refractivity contribution is 5.73. The average molecular weight is 550 g/mol. The molecule has 3 rings (SSSR count). The molecule has 0 spiro atoms. The van der Waals surface area contributed by atoms with E-state index in [1.807, 2.05) is 90.6 Å². The van der Waals surface area contributed by atoms with Crippen molar-refractivity contribution in [3.63, 3.8) is 0 Å². The second kappa shape index (κ2) is 16.0. The predicted molar refractivity (Wildman–Crippen MR) is 155 cm³/mol. The lowest BCUT2D eigenvalue weighted by atomic mass is 10.1. The molecule has 0 radical (unpaired) electrons. The number of aromatic nitrogens is 1. The molecule has 9 heteroatoms. The van der Waals surface area contributed by atoms with Crippen molar-refractivity contribution in [2.24, 2.45) is 0 Å². The van der Waals surface area contributed by atoms with Crippen LogP contribution in [0.3, 0.4) is 0 Å². The number of ether oxygens (including phenoxy) is 4. The van der Waals surface area contributed by atoms with Crippen LogP contribution in [-0.2, 0) is 31.9 Å². The Hall–Kier alpha value is -4.27. The molecular formula is C31H39N3O6. The lowest BCUT2D eigenvalue weighted by Crippen LogP contribution is -2.27. The van der Waals surface area contributed by atoms with Crippen molar-refractivity contribution >= 4 is 23.6 Å². The Kier molecular flexibility index (Phi) is 12.1. The van der Waals surface area contributed by atoms with Gasteiger partial charge in [0, 0.05) is 14.1 Å². The molecule has 0 unspecified atom stereocenters. The topological polar surface area (TPSA) is 90.4 Å². The number of nitrogens with zero attached hydrogens (tertiary/aromatic N) is 3. The zero-order chi connectivity index (χ0) is 28.7. The van der Waals surface area contributed by atoms with Gasteiger partial charge in [-0.25, -0.2) is 4.98 Å². The van der Waals surface area contributed by atoms with Crippen LogP contribution in [0.15, 0.2) is 66.7 Å². The maximum absolute atomic E-state index is 11.7. The van der Waals surface area contributed by atoms with Gasteiger partial charge < -0.3 is 28.7 Å². The first-order valence-corrected chi connectivity index (χ1v) is 13.5. The van der Waals surface area contributed by atoms with Gasteiger partial charge in [-0.15, -0.1) is 0 Å². The van der Waals surface area contributed by atoms with Crippen molar-refractivity contribution in [3.8, 4) is 11.5 Å². The van der Waals surface area contributed by atoms with Gasteiger partial charge >= 0.3 is 11.9 Å². The van der Waals surface area contributed by atoms with Crippen molar-refractivity contribution < 1.29 is 28.5 Å². The first-order chi connectivity index (χ1) is 19.4. The molecule has 0 fully saturated rings. The van der Waals surface area contributed by atoms with Crippen LogP contribution in [0.1, 0.15) is 25.0 Å². The Labute approximate surface area is 236 Å². The molecule has 0 amide bonds. The number of likely N-dealkylation sites (N-methyl/N-ethyl adjacent to an activating group) is 2. The minimum atomic E-state index is -0.248. The van der Waals surface area contributed by atoms with Gasteiger partial charge in [0.15, 0.2) is 0 Å². The number of carbonyl (C=O) groups excluding carboxylic acids is 2. The summed E-state index contributed by atoms with van der Waals surface area (Å²) in [6.07, 6.45) is 0.449. The number of hydrogen-bond donors (Lipinski definition) is 0. The average Bonchev–Trinajstić information content (AvgIpc) is 2.93. The third-order valence-electron chi connectivity index (χ3n) is 6.00. The number of esters is 2. The van der Waals surface area contributed by atoms with E-state index in [9.17, 15) is 9.59 Å². The summed E-state index contributed by atoms with van der Waals surface area (Å²) in [6.45, 7) is 6.52. The molecule has 2 aromatic carbocycles. The van der Waals surface area contributed by atoms with E-state index in [2.05, 4.69) is 0 Å². The van der Waals surface area contributed by atoms with Crippen LogP contribution in [0.25, 0.3) is 0 Å². The zero-order valence-electron chi connectivity index (χ0n) is 23.8. The molecule has 1 heterocycles. The first kappa shape index (κ1) is 30.3. The van der Waals surface area contributed by atoms with Gasteiger partial charge in [0.2, 0.25) is 0 Å². The molecule has 0 saturated heterocycles. The van der Waals surface area contributed by atoms with Gasteiger partial charge in [0.25, 0.3) is 0 Å². The van der Waals surface area contributed by atoms with E-state index in [1.165, 1.54) is 0 Å². The lowest BCUT2D eigenvalue weighted by molar-refractivity contribution is -0.143. The summed E-state index contributed by atoms with van der Waals surface area (Å²) in [4.78, 5) is 32.3. The number of benzene rings is 2. The van der Waals surface area contributed by atoms with E-state index in [-0.39, 0.29) is 24.8 Å². The van der Waals surface area contributed by atoms with Crippen LogP contribution in [-0.4, -0.2) is 70.5 Å².